The maximum Gasteiger partial charge on any atom is 0.314 e. The molecule has 1 unspecified atom stereocenters. The van der Waals surface area contributed by atoms with E-state index in [1.54, 1.807) is 37.3 Å². The van der Waals surface area contributed by atoms with Gasteiger partial charge < -0.3 is 15.5 Å². The van der Waals surface area contributed by atoms with Crippen LogP contribution in [0.2, 0.25) is 0 Å². The van der Waals surface area contributed by atoms with Crippen LogP contribution in [-0.4, -0.2) is 35.2 Å². The average Bonchev–Trinajstić information content (AvgIpc) is 2.43. The van der Waals surface area contributed by atoms with Crippen LogP contribution in [0.1, 0.15) is 25.3 Å². The Hall–Kier alpha value is -1.88. The monoisotopic (exact) mass is 265 g/mol. The Morgan fingerprint density at radius 2 is 1.89 bits per heavy atom. The Morgan fingerprint density at radius 3 is 2.37 bits per heavy atom. The standard InChI is InChI=1S/C14H19NO4/c1-2-14(13(18)19,10-12(17)15-8-9-16)11-6-4-3-5-7-11/h3-7,16H,2,8-10H2,1H3,(H,15,17)(H,18,19). The number of hydrogen-bond acceptors (Lipinski definition) is 3. The zero-order chi connectivity index (χ0) is 14.3. The third-order valence-corrected chi connectivity index (χ3v) is 3.24. The number of amides is 1. The van der Waals surface area contributed by atoms with Gasteiger partial charge in [-0.05, 0) is 12.0 Å². The fourth-order valence-corrected chi connectivity index (χ4v) is 2.07. The SMILES string of the molecule is CCC(CC(=O)NCCO)(C(=O)O)c1ccccc1. The lowest BCUT2D eigenvalue weighted by molar-refractivity contribution is -0.146. The van der Waals surface area contributed by atoms with E-state index in [0.29, 0.717) is 12.0 Å². The number of rotatable bonds is 7. The molecule has 1 aromatic carbocycles. The lowest BCUT2D eigenvalue weighted by atomic mass is 9.75. The highest BCUT2D eigenvalue weighted by atomic mass is 16.4. The first-order chi connectivity index (χ1) is 9.06. The molecule has 0 aliphatic rings. The third-order valence-electron chi connectivity index (χ3n) is 3.24. The molecular weight excluding hydrogens is 246 g/mol. The van der Waals surface area contributed by atoms with Crippen LogP contribution < -0.4 is 5.32 Å². The molecule has 0 fully saturated rings. The van der Waals surface area contributed by atoms with Crippen molar-refractivity contribution in [2.75, 3.05) is 13.2 Å². The van der Waals surface area contributed by atoms with Crippen molar-refractivity contribution in [2.24, 2.45) is 0 Å². The average molecular weight is 265 g/mol. The summed E-state index contributed by atoms with van der Waals surface area (Å²) in [5.41, 5.74) is -0.606. The first-order valence-electron chi connectivity index (χ1n) is 6.23. The minimum atomic E-state index is -1.22. The van der Waals surface area contributed by atoms with Crippen LogP contribution in [0.5, 0.6) is 0 Å². The summed E-state index contributed by atoms with van der Waals surface area (Å²) in [5, 5.41) is 20.7. The predicted octanol–water partition coefficient (Wildman–Crippen LogP) is 0.918. The number of benzene rings is 1. The Labute approximate surface area is 112 Å². The third kappa shape index (κ3) is 3.54. The van der Waals surface area contributed by atoms with Crippen molar-refractivity contribution in [1.82, 2.24) is 5.32 Å². The highest BCUT2D eigenvalue weighted by molar-refractivity contribution is 5.89. The van der Waals surface area contributed by atoms with E-state index in [-0.39, 0.29) is 25.5 Å². The zero-order valence-corrected chi connectivity index (χ0v) is 10.9. The van der Waals surface area contributed by atoms with E-state index < -0.39 is 11.4 Å². The Balaban J connectivity index is 3.01. The summed E-state index contributed by atoms with van der Waals surface area (Å²) in [4.78, 5) is 23.4. The van der Waals surface area contributed by atoms with Crippen LogP contribution in [0.3, 0.4) is 0 Å². The van der Waals surface area contributed by atoms with E-state index >= 15 is 0 Å². The second-order valence-electron chi connectivity index (χ2n) is 4.36. The highest BCUT2D eigenvalue weighted by Crippen LogP contribution is 2.32. The number of aliphatic hydroxyl groups is 1. The van der Waals surface area contributed by atoms with Crippen molar-refractivity contribution >= 4 is 11.9 Å². The first-order valence-corrected chi connectivity index (χ1v) is 6.23. The number of hydrogen-bond donors (Lipinski definition) is 3. The molecule has 3 N–H and O–H groups in total. The van der Waals surface area contributed by atoms with Gasteiger partial charge in [-0.1, -0.05) is 37.3 Å². The predicted molar refractivity (Wildman–Crippen MR) is 70.8 cm³/mol. The van der Waals surface area contributed by atoms with E-state index in [1.807, 2.05) is 0 Å². The van der Waals surface area contributed by atoms with Crippen LogP contribution >= 0.6 is 0 Å². The van der Waals surface area contributed by atoms with Crippen molar-refractivity contribution in [2.45, 2.75) is 25.2 Å². The summed E-state index contributed by atoms with van der Waals surface area (Å²) in [7, 11) is 0. The maximum atomic E-state index is 11.8. The summed E-state index contributed by atoms with van der Waals surface area (Å²) >= 11 is 0. The lowest BCUT2D eigenvalue weighted by Gasteiger charge is -2.28. The van der Waals surface area contributed by atoms with Gasteiger partial charge in [-0.25, -0.2) is 0 Å². The Bertz CT molecular complexity index is 432. The molecule has 0 aromatic heterocycles. The molecule has 19 heavy (non-hydrogen) atoms. The normalized spacial score (nSPS) is 13.6. The second-order valence-corrected chi connectivity index (χ2v) is 4.36. The van der Waals surface area contributed by atoms with Gasteiger partial charge in [-0.15, -0.1) is 0 Å². The van der Waals surface area contributed by atoms with Crippen LogP contribution in [0.25, 0.3) is 0 Å². The van der Waals surface area contributed by atoms with Crippen LogP contribution in [-0.2, 0) is 15.0 Å². The first kappa shape index (κ1) is 15.2. The minimum Gasteiger partial charge on any atom is -0.481 e. The molecule has 1 aromatic rings. The molecule has 0 spiro atoms. The molecular formula is C14H19NO4. The van der Waals surface area contributed by atoms with Crippen LogP contribution in [0, 0.1) is 0 Å². The molecule has 0 radical (unpaired) electrons. The van der Waals surface area contributed by atoms with Crippen molar-refractivity contribution in [3.05, 3.63) is 35.9 Å². The molecule has 0 saturated carbocycles. The summed E-state index contributed by atoms with van der Waals surface area (Å²) < 4.78 is 0. The van der Waals surface area contributed by atoms with Crippen molar-refractivity contribution in [3.8, 4) is 0 Å². The van der Waals surface area contributed by atoms with Gasteiger partial charge in [0.1, 0.15) is 5.41 Å². The van der Waals surface area contributed by atoms with E-state index in [1.165, 1.54) is 0 Å². The number of aliphatic carboxylic acids is 1. The molecule has 1 amide bonds. The van der Waals surface area contributed by atoms with Gasteiger partial charge in [0.2, 0.25) is 5.91 Å². The van der Waals surface area contributed by atoms with E-state index in [9.17, 15) is 14.7 Å². The van der Waals surface area contributed by atoms with E-state index in [2.05, 4.69) is 5.32 Å². The minimum absolute atomic E-state index is 0.132. The Kier molecular flexibility index (Phi) is 5.51. The quantitative estimate of drug-likeness (QED) is 0.684. The molecule has 1 rings (SSSR count). The number of carbonyl (C=O) groups excluding carboxylic acids is 1. The van der Waals surface area contributed by atoms with Gasteiger partial charge in [0.25, 0.3) is 0 Å². The van der Waals surface area contributed by atoms with Gasteiger partial charge in [0, 0.05) is 13.0 Å². The summed E-state index contributed by atoms with van der Waals surface area (Å²) in [6, 6.07) is 8.76. The van der Waals surface area contributed by atoms with Crippen LogP contribution in [0.15, 0.2) is 30.3 Å². The number of carboxylic acid groups (broad SMARTS) is 1. The van der Waals surface area contributed by atoms with Gasteiger partial charge in [-0.2, -0.15) is 0 Å². The number of carbonyl (C=O) groups is 2. The molecule has 104 valence electrons. The topological polar surface area (TPSA) is 86.6 Å². The van der Waals surface area contributed by atoms with Crippen molar-refractivity contribution < 1.29 is 19.8 Å². The molecule has 5 heteroatoms. The molecule has 5 nitrogen and oxygen atoms in total. The van der Waals surface area contributed by atoms with Gasteiger partial charge >= 0.3 is 5.97 Å². The summed E-state index contributed by atoms with van der Waals surface area (Å²) in [6.07, 6.45) is 0.182. The van der Waals surface area contributed by atoms with Crippen molar-refractivity contribution in [3.63, 3.8) is 0 Å². The highest BCUT2D eigenvalue weighted by Gasteiger charge is 2.40. The number of carboxylic acids is 1. The largest absolute Gasteiger partial charge is 0.481 e. The molecule has 0 aliphatic heterocycles. The van der Waals surface area contributed by atoms with Crippen LogP contribution in [0.4, 0.5) is 0 Å². The fourth-order valence-electron chi connectivity index (χ4n) is 2.07. The van der Waals surface area contributed by atoms with Gasteiger partial charge in [0.15, 0.2) is 0 Å². The zero-order valence-electron chi connectivity index (χ0n) is 10.9. The molecule has 0 aliphatic carbocycles. The van der Waals surface area contributed by atoms with Gasteiger partial charge in [-0.3, -0.25) is 9.59 Å². The summed E-state index contributed by atoms with van der Waals surface area (Å²) in [5.74, 6) is -1.39. The maximum absolute atomic E-state index is 11.8. The van der Waals surface area contributed by atoms with E-state index in [0.717, 1.165) is 0 Å². The molecule has 1 atom stereocenters. The number of aliphatic hydroxyl groups excluding tert-OH is 1. The fraction of sp³-hybridized carbons (Fsp3) is 0.429. The number of nitrogens with one attached hydrogen (secondary N) is 1. The second kappa shape index (κ2) is 6.89. The summed E-state index contributed by atoms with van der Waals surface area (Å²) in [6.45, 7) is 1.72. The molecule has 0 bridgehead atoms. The smallest absolute Gasteiger partial charge is 0.314 e. The Morgan fingerprint density at radius 1 is 1.26 bits per heavy atom. The van der Waals surface area contributed by atoms with Crippen molar-refractivity contribution in [1.29, 1.82) is 0 Å². The lowest BCUT2D eigenvalue weighted by Crippen LogP contribution is -2.41. The molecule has 0 saturated heterocycles. The van der Waals surface area contributed by atoms with E-state index in [4.69, 9.17) is 5.11 Å². The van der Waals surface area contributed by atoms with Gasteiger partial charge in [0.05, 0.1) is 6.61 Å². The molecule has 0 heterocycles.